The van der Waals surface area contributed by atoms with Crippen molar-refractivity contribution in [3.63, 3.8) is 0 Å². The second-order valence-electron chi connectivity index (χ2n) is 5.07. The number of ether oxygens (including phenoxy) is 1. The molecule has 1 amide bonds. The second kappa shape index (κ2) is 7.91. The molecular formula is C17H16Cl3NO2. The zero-order valence-corrected chi connectivity index (χ0v) is 15.0. The summed E-state index contributed by atoms with van der Waals surface area (Å²) in [6.45, 7) is 3.83. The van der Waals surface area contributed by atoms with Crippen LogP contribution in [-0.4, -0.2) is 12.0 Å². The monoisotopic (exact) mass is 371 g/mol. The molecule has 0 unspecified atom stereocenters. The topological polar surface area (TPSA) is 38.3 Å². The van der Waals surface area contributed by atoms with Crippen LogP contribution in [-0.2, 0) is 4.79 Å². The molecule has 0 aliphatic heterocycles. The van der Waals surface area contributed by atoms with Crippen LogP contribution in [0.5, 0.6) is 5.75 Å². The zero-order valence-electron chi connectivity index (χ0n) is 12.7. The lowest BCUT2D eigenvalue weighted by molar-refractivity contribution is -0.122. The van der Waals surface area contributed by atoms with Crippen LogP contribution in [0.2, 0.25) is 15.1 Å². The molecule has 0 fully saturated rings. The predicted molar refractivity (Wildman–Crippen MR) is 96.0 cm³/mol. The summed E-state index contributed by atoms with van der Waals surface area (Å²) in [5, 5.41) is 3.69. The number of halogens is 3. The summed E-state index contributed by atoms with van der Waals surface area (Å²) in [5.74, 6) is 0.349. The van der Waals surface area contributed by atoms with E-state index in [1.807, 2.05) is 38.1 Å². The first-order valence-electron chi connectivity index (χ1n) is 7.09. The molecule has 122 valence electrons. The quantitative estimate of drug-likeness (QED) is 0.678. The number of nitrogens with one attached hydrogen (secondary N) is 1. The van der Waals surface area contributed by atoms with E-state index < -0.39 is 6.10 Å². The van der Waals surface area contributed by atoms with E-state index >= 15 is 0 Å². The first kappa shape index (κ1) is 17.9. The molecule has 0 aliphatic rings. The first-order valence-corrected chi connectivity index (χ1v) is 8.22. The lowest BCUT2D eigenvalue weighted by atomic mass is 10.2. The molecule has 0 aliphatic carbocycles. The van der Waals surface area contributed by atoms with Gasteiger partial charge in [-0.25, -0.2) is 0 Å². The van der Waals surface area contributed by atoms with Gasteiger partial charge in [-0.2, -0.15) is 0 Å². The van der Waals surface area contributed by atoms with E-state index in [-0.39, 0.29) is 5.91 Å². The van der Waals surface area contributed by atoms with Crippen LogP contribution < -0.4 is 10.1 Å². The third-order valence-electron chi connectivity index (χ3n) is 3.20. The molecule has 0 saturated carbocycles. The summed E-state index contributed by atoms with van der Waals surface area (Å²) < 4.78 is 5.76. The van der Waals surface area contributed by atoms with Gasteiger partial charge in [-0.15, -0.1) is 0 Å². The van der Waals surface area contributed by atoms with Crippen molar-refractivity contribution in [3.05, 3.63) is 57.0 Å². The summed E-state index contributed by atoms with van der Waals surface area (Å²) in [4.78, 5) is 12.4. The van der Waals surface area contributed by atoms with E-state index in [9.17, 15) is 4.79 Å². The predicted octanol–water partition coefficient (Wildman–Crippen LogP) is 5.75. The molecule has 0 saturated heterocycles. The number of amides is 1. The van der Waals surface area contributed by atoms with E-state index in [4.69, 9.17) is 39.5 Å². The van der Waals surface area contributed by atoms with Crippen molar-refractivity contribution in [1.29, 1.82) is 0 Å². The summed E-state index contributed by atoms with van der Waals surface area (Å²) >= 11 is 17.9. The third kappa shape index (κ3) is 4.77. The molecule has 1 N–H and O–H groups in total. The van der Waals surface area contributed by atoms with E-state index in [0.29, 0.717) is 32.9 Å². The average Bonchev–Trinajstić information content (AvgIpc) is 2.50. The van der Waals surface area contributed by atoms with Gasteiger partial charge < -0.3 is 10.1 Å². The summed E-state index contributed by atoms with van der Waals surface area (Å²) in [5.41, 5.74) is 1.46. The van der Waals surface area contributed by atoms with Gasteiger partial charge in [0.1, 0.15) is 5.75 Å². The average molecular weight is 373 g/mol. The fourth-order valence-corrected chi connectivity index (χ4v) is 2.60. The molecule has 3 nitrogen and oxygen atoms in total. The maximum absolute atomic E-state index is 12.4. The Hall–Kier alpha value is -1.42. The number of benzene rings is 2. The normalized spacial score (nSPS) is 11.9. The molecule has 2 aromatic carbocycles. The van der Waals surface area contributed by atoms with Crippen molar-refractivity contribution in [1.82, 2.24) is 0 Å². The van der Waals surface area contributed by atoms with Gasteiger partial charge in [0.15, 0.2) is 6.10 Å². The van der Waals surface area contributed by atoms with Crippen molar-refractivity contribution < 1.29 is 9.53 Å². The Morgan fingerprint density at radius 1 is 1.13 bits per heavy atom. The van der Waals surface area contributed by atoms with E-state index in [0.717, 1.165) is 5.56 Å². The fraction of sp³-hybridized carbons (Fsp3) is 0.235. The van der Waals surface area contributed by atoms with Crippen molar-refractivity contribution in [2.75, 3.05) is 5.32 Å². The molecule has 0 radical (unpaired) electrons. The lowest BCUT2D eigenvalue weighted by Crippen LogP contribution is -2.32. The van der Waals surface area contributed by atoms with E-state index in [2.05, 4.69) is 5.32 Å². The van der Waals surface area contributed by atoms with Crippen LogP contribution in [0.3, 0.4) is 0 Å². The fourth-order valence-electron chi connectivity index (χ4n) is 2.01. The smallest absolute Gasteiger partial charge is 0.265 e. The highest BCUT2D eigenvalue weighted by atomic mass is 35.5. The number of aryl methyl sites for hydroxylation is 1. The van der Waals surface area contributed by atoms with Gasteiger partial charge in [0.05, 0.1) is 20.8 Å². The van der Waals surface area contributed by atoms with Crippen LogP contribution >= 0.6 is 34.8 Å². The highest BCUT2D eigenvalue weighted by Crippen LogP contribution is 2.32. The lowest BCUT2D eigenvalue weighted by Gasteiger charge is -2.18. The minimum absolute atomic E-state index is 0.297. The van der Waals surface area contributed by atoms with Gasteiger partial charge in [0.25, 0.3) is 5.91 Å². The van der Waals surface area contributed by atoms with Gasteiger partial charge in [-0.3, -0.25) is 4.79 Å². The van der Waals surface area contributed by atoms with Crippen molar-refractivity contribution >= 4 is 46.4 Å². The number of hydrogen-bond donors (Lipinski definition) is 1. The molecule has 0 spiro atoms. The second-order valence-corrected chi connectivity index (χ2v) is 6.29. The maximum Gasteiger partial charge on any atom is 0.265 e. The Morgan fingerprint density at radius 2 is 1.83 bits per heavy atom. The number of anilines is 1. The molecule has 2 rings (SSSR count). The molecule has 0 heterocycles. The van der Waals surface area contributed by atoms with Crippen LogP contribution in [0, 0.1) is 6.92 Å². The summed E-state index contributed by atoms with van der Waals surface area (Å²) in [6.07, 6.45) is -0.124. The Balaban J connectivity index is 2.13. The van der Waals surface area contributed by atoms with Crippen LogP contribution in [0.15, 0.2) is 36.4 Å². The number of carbonyl (C=O) groups excluding carboxylic acids is 1. The largest absolute Gasteiger partial charge is 0.481 e. The van der Waals surface area contributed by atoms with Crippen LogP contribution in [0.1, 0.15) is 18.9 Å². The first-order chi connectivity index (χ1) is 10.9. The Kier molecular flexibility index (Phi) is 6.17. The third-order valence-corrected chi connectivity index (χ3v) is 4.23. The maximum atomic E-state index is 12.4. The molecule has 23 heavy (non-hydrogen) atoms. The van der Waals surface area contributed by atoms with Crippen LogP contribution in [0.4, 0.5) is 5.69 Å². The van der Waals surface area contributed by atoms with Gasteiger partial charge in [-0.1, -0.05) is 53.9 Å². The van der Waals surface area contributed by atoms with Gasteiger partial charge in [0, 0.05) is 0 Å². The summed E-state index contributed by atoms with van der Waals surface area (Å²) in [7, 11) is 0. The summed E-state index contributed by atoms with van der Waals surface area (Å²) in [6, 6.07) is 10.5. The standard InChI is InChI=1S/C17H16Cl3NO2/c1-3-16(23-11-6-4-5-10(2)7-11)17(22)21-15-9-13(19)12(18)8-14(15)20/h4-9,16H,3H2,1-2H3,(H,21,22)/t16-/m0/s1. The van der Waals surface area contributed by atoms with Crippen molar-refractivity contribution in [2.45, 2.75) is 26.4 Å². The van der Waals surface area contributed by atoms with Gasteiger partial charge in [0.2, 0.25) is 0 Å². The minimum atomic E-state index is -0.637. The SMILES string of the molecule is CC[C@H](Oc1cccc(C)c1)C(=O)Nc1cc(Cl)c(Cl)cc1Cl. The van der Waals surface area contributed by atoms with E-state index in [1.54, 1.807) is 0 Å². The van der Waals surface area contributed by atoms with Gasteiger partial charge in [-0.05, 0) is 43.2 Å². The molecule has 2 aromatic rings. The highest BCUT2D eigenvalue weighted by Gasteiger charge is 2.20. The molecule has 0 aromatic heterocycles. The number of carbonyl (C=O) groups is 1. The Morgan fingerprint density at radius 3 is 2.48 bits per heavy atom. The Labute approximate surface area is 150 Å². The molecule has 6 heteroatoms. The van der Waals surface area contributed by atoms with Gasteiger partial charge >= 0.3 is 0 Å². The highest BCUT2D eigenvalue weighted by molar-refractivity contribution is 6.44. The van der Waals surface area contributed by atoms with Crippen molar-refractivity contribution in [3.8, 4) is 5.75 Å². The molecule has 1 atom stereocenters. The minimum Gasteiger partial charge on any atom is -0.481 e. The zero-order chi connectivity index (χ0) is 17.0. The number of hydrogen-bond acceptors (Lipinski definition) is 2. The number of rotatable bonds is 5. The van der Waals surface area contributed by atoms with E-state index in [1.165, 1.54) is 12.1 Å². The molecular weight excluding hydrogens is 357 g/mol. The Bertz CT molecular complexity index is 719. The van der Waals surface area contributed by atoms with Crippen LogP contribution in [0.25, 0.3) is 0 Å². The van der Waals surface area contributed by atoms with Crippen molar-refractivity contribution in [2.24, 2.45) is 0 Å². The molecule has 0 bridgehead atoms.